The monoisotopic (exact) mass is 462 g/mol. The van der Waals surface area contributed by atoms with E-state index < -0.39 is 6.04 Å². The molecule has 0 saturated carbocycles. The molecule has 31 heavy (non-hydrogen) atoms. The van der Waals surface area contributed by atoms with Crippen LogP contribution in [0.1, 0.15) is 39.2 Å². The number of rotatable bonds is 11. The number of nitrogens with zero attached hydrogens (tertiary/aromatic N) is 1. The minimum Gasteiger partial charge on any atom is -0.497 e. The van der Waals surface area contributed by atoms with Crippen LogP contribution in [0.4, 0.5) is 0 Å². The molecular weight excluding hydrogens is 432 g/mol. The summed E-state index contributed by atoms with van der Waals surface area (Å²) in [6.45, 7) is 6.12. The first-order chi connectivity index (χ1) is 14.8. The SMILES string of the molecule is CC[C@H](C(=O)NC(C)C)N(Cc1cccc(OC)c1)C(=O)CCSc1ccc(Cl)cc1. The van der Waals surface area contributed by atoms with Gasteiger partial charge in [-0.2, -0.15) is 0 Å². The number of amides is 2. The number of ether oxygens (including phenoxy) is 1. The molecule has 7 heteroatoms. The van der Waals surface area contributed by atoms with Crippen molar-refractivity contribution in [2.45, 2.75) is 57.1 Å². The molecule has 1 atom stereocenters. The second kappa shape index (κ2) is 12.6. The van der Waals surface area contributed by atoms with Crippen molar-refractivity contribution in [1.82, 2.24) is 10.2 Å². The Kier molecular flexibility index (Phi) is 10.2. The standard InChI is InChI=1S/C24H31ClN2O3S/c1-5-22(24(29)26-17(2)3)27(16-18-7-6-8-20(15-18)30-4)23(28)13-14-31-21-11-9-19(25)10-12-21/h6-12,15,17,22H,5,13-14,16H2,1-4H3,(H,26,29)/t22-/m1/s1. The molecule has 2 amide bonds. The maximum atomic E-state index is 13.2. The molecule has 2 aromatic rings. The predicted octanol–water partition coefficient (Wildman–Crippen LogP) is 5.16. The van der Waals surface area contributed by atoms with Gasteiger partial charge in [-0.25, -0.2) is 0 Å². The molecule has 0 aliphatic carbocycles. The maximum absolute atomic E-state index is 13.2. The van der Waals surface area contributed by atoms with Crippen LogP contribution >= 0.6 is 23.4 Å². The second-order valence-corrected chi connectivity index (χ2v) is 9.12. The number of methoxy groups -OCH3 is 1. The van der Waals surface area contributed by atoms with Crippen LogP contribution in [0.15, 0.2) is 53.4 Å². The third-order valence-electron chi connectivity index (χ3n) is 4.70. The third-order valence-corrected chi connectivity index (χ3v) is 5.97. The van der Waals surface area contributed by atoms with Crippen molar-refractivity contribution in [3.63, 3.8) is 0 Å². The average Bonchev–Trinajstić information content (AvgIpc) is 2.74. The Hall–Kier alpha value is -2.18. The van der Waals surface area contributed by atoms with E-state index in [1.54, 1.807) is 23.8 Å². The molecule has 0 radical (unpaired) electrons. The Balaban J connectivity index is 2.14. The summed E-state index contributed by atoms with van der Waals surface area (Å²) >= 11 is 7.53. The summed E-state index contributed by atoms with van der Waals surface area (Å²) in [5, 5.41) is 3.64. The van der Waals surface area contributed by atoms with E-state index in [0.717, 1.165) is 16.2 Å². The largest absolute Gasteiger partial charge is 0.497 e. The number of benzene rings is 2. The van der Waals surface area contributed by atoms with Crippen LogP contribution in [0.5, 0.6) is 5.75 Å². The minimum absolute atomic E-state index is 0.00998. The lowest BCUT2D eigenvalue weighted by Crippen LogP contribution is -2.50. The average molecular weight is 463 g/mol. The van der Waals surface area contributed by atoms with E-state index in [9.17, 15) is 9.59 Å². The van der Waals surface area contributed by atoms with Gasteiger partial charge in [0.15, 0.2) is 0 Å². The van der Waals surface area contributed by atoms with Gasteiger partial charge in [0.05, 0.1) is 7.11 Å². The maximum Gasteiger partial charge on any atom is 0.243 e. The van der Waals surface area contributed by atoms with E-state index in [1.807, 2.05) is 69.3 Å². The number of hydrogen-bond donors (Lipinski definition) is 1. The molecule has 0 aliphatic rings. The Morgan fingerprint density at radius 1 is 1.16 bits per heavy atom. The first-order valence-corrected chi connectivity index (χ1v) is 11.8. The molecule has 0 aromatic heterocycles. The molecular formula is C24H31ClN2O3S. The summed E-state index contributed by atoms with van der Waals surface area (Å²) in [7, 11) is 1.61. The summed E-state index contributed by atoms with van der Waals surface area (Å²) in [6.07, 6.45) is 0.876. The van der Waals surface area contributed by atoms with Gasteiger partial charge in [0.1, 0.15) is 11.8 Å². The number of nitrogens with one attached hydrogen (secondary N) is 1. The Labute approximate surface area is 194 Å². The van der Waals surface area contributed by atoms with Gasteiger partial charge in [-0.15, -0.1) is 11.8 Å². The van der Waals surface area contributed by atoms with Crippen molar-refractivity contribution in [1.29, 1.82) is 0 Å². The molecule has 5 nitrogen and oxygen atoms in total. The lowest BCUT2D eigenvalue weighted by Gasteiger charge is -2.31. The van der Waals surface area contributed by atoms with Crippen LogP contribution in [-0.4, -0.2) is 41.7 Å². The summed E-state index contributed by atoms with van der Waals surface area (Å²) in [4.78, 5) is 28.8. The number of carbonyl (C=O) groups is 2. The lowest BCUT2D eigenvalue weighted by molar-refractivity contribution is -0.141. The van der Waals surface area contributed by atoms with E-state index in [1.165, 1.54) is 0 Å². The number of carbonyl (C=O) groups excluding carboxylic acids is 2. The predicted molar refractivity (Wildman–Crippen MR) is 128 cm³/mol. The third kappa shape index (κ3) is 8.11. The first kappa shape index (κ1) is 25.1. The molecule has 0 aliphatic heterocycles. The molecule has 0 heterocycles. The molecule has 0 saturated heterocycles. The van der Waals surface area contributed by atoms with Gasteiger partial charge < -0.3 is 15.0 Å². The van der Waals surface area contributed by atoms with Crippen molar-refractivity contribution in [3.8, 4) is 5.75 Å². The zero-order valence-corrected chi connectivity index (χ0v) is 20.1. The van der Waals surface area contributed by atoms with Crippen LogP contribution < -0.4 is 10.1 Å². The molecule has 0 unspecified atom stereocenters. The van der Waals surface area contributed by atoms with Gasteiger partial charge in [0.25, 0.3) is 0 Å². The van der Waals surface area contributed by atoms with Crippen LogP contribution in [0, 0.1) is 0 Å². The lowest BCUT2D eigenvalue weighted by atomic mass is 10.1. The van der Waals surface area contributed by atoms with Crippen LogP contribution in [0.2, 0.25) is 5.02 Å². The zero-order valence-electron chi connectivity index (χ0n) is 18.6. The van der Waals surface area contributed by atoms with Crippen LogP contribution in [0.3, 0.4) is 0 Å². The molecule has 2 rings (SSSR count). The topological polar surface area (TPSA) is 58.6 Å². The number of thioether (sulfide) groups is 1. The Morgan fingerprint density at radius 3 is 2.48 bits per heavy atom. The van der Waals surface area contributed by atoms with Gasteiger partial charge in [0, 0.05) is 34.7 Å². The van der Waals surface area contributed by atoms with Crippen LogP contribution in [-0.2, 0) is 16.1 Å². The highest BCUT2D eigenvalue weighted by molar-refractivity contribution is 7.99. The molecule has 0 bridgehead atoms. The Morgan fingerprint density at radius 2 is 1.87 bits per heavy atom. The summed E-state index contributed by atoms with van der Waals surface area (Å²) in [5.74, 6) is 1.18. The van der Waals surface area contributed by atoms with Gasteiger partial charge in [0.2, 0.25) is 11.8 Å². The van der Waals surface area contributed by atoms with Gasteiger partial charge >= 0.3 is 0 Å². The molecule has 168 valence electrons. The quantitative estimate of drug-likeness (QED) is 0.468. The fraction of sp³-hybridized carbons (Fsp3) is 0.417. The van der Waals surface area contributed by atoms with Crippen molar-refractivity contribution in [2.75, 3.05) is 12.9 Å². The minimum atomic E-state index is -0.526. The van der Waals surface area contributed by atoms with Gasteiger partial charge in [-0.1, -0.05) is 30.7 Å². The highest BCUT2D eigenvalue weighted by Crippen LogP contribution is 2.23. The summed E-state index contributed by atoms with van der Waals surface area (Å²) in [6, 6.07) is 14.6. The molecule has 2 aromatic carbocycles. The van der Waals surface area contributed by atoms with E-state index in [2.05, 4.69) is 5.32 Å². The molecule has 1 N–H and O–H groups in total. The highest BCUT2D eigenvalue weighted by atomic mass is 35.5. The van der Waals surface area contributed by atoms with E-state index in [0.29, 0.717) is 30.2 Å². The second-order valence-electron chi connectivity index (χ2n) is 7.51. The Bertz CT molecular complexity index is 858. The number of hydrogen-bond acceptors (Lipinski definition) is 4. The molecule has 0 fully saturated rings. The number of halogens is 1. The van der Waals surface area contributed by atoms with Crippen LogP contribution in [0.25, 0.3) is 0 Å². The normalized spacial score (nSPS) is 11.8. The zero-order chi connectivity index (χ0) is 22.8. The summed E-state index contributed by atoms with van der Waals surface area (Å²) in [5.41, 5.74) is 0.925. The highest BCUT2D eigenvalue weighted by Gasteiger charge is 2.28. The summed E-state index contributed by atoms with van der Waals surface area (Å²) < 4.78 is 5.31. The smallest absolute Gasteiger partial charge is 0.243 e. The fourth-order valence-corrected chi connectivity index (χ4v) is 4.17. The van der Waals surface area contributed by atoms with E-state index in [4.69, 9.17) is 16.3 Å². The van der Waals surface area contributed by atoms with Crippen molar-refractivity contribution in [3.05, 3.63) is 59.1 Å². The van der Waals surface area contributed by atoms with E-state index in [-0.39, 0.29) is 17.9 Å². The van der Waals surface area contributed by atoms with E-state index >= 15 is 0 Å². The first-order valence-electron chi connectivity index (χ1n) is 10.4. The van der Waals surface area contributed by atoms with Crippen molar-refractivity contribution >= 4 is 35.2 Å². The van der Waals surface area contributed by atoms with Gasteiger partial charge in [-0.3, -0.25) is 9.59 Å². The fourth-order valence-electron chi connectivity index (χ4n) is 3.20. The molecule has 0 spiro atoms. The van der Waals surface area contributed by atoms with Gasteiger partial charge in [-0.05, 0) is 62.2 Å². The van der Waals surface area contributed by atoms with Crippen molar-refractivity contribution in [2.24, 2.45) is 0 Å². The van der Waals surface area contributed by atoms with Crippen molar-refractivity contribution < 1.29 is 14.3 Å².